The molecule has 0 unspecified atom stereocenters. The number of hydrogen-bond donors (Lipinski definition) is 1. The molecule has 7 nitrogen and oxygen atoms in total. The van der Waals surface area contributed by atoms with Gasteiger partial charge in [0.25, 0.3) is 5.91 Å². The molecule has 1 N–H and O–H groups in total. The number of nitrogens with zero attached hydrogens (tertiary/aromatic N) is 5. The molecule has 198 valence electrons. The number of carbonyl (C=O) groups excluding carboxylic acids is 1. The number of aryl methyl sites for hydroxylation is 2. The Morgan fingerprint density at radius 2 is 1.63 bits per heavy atom. The molecule has 0 fully saturated rings. The zero-order valence-corrected chi connectivity index (χ0v) is 22.1. The van der Waals surface area contributed by atoms with Gasteiger partial charge in [-0.15, -0.1) is 0 Å². The van der Waals surface area contributed by atoms with Gasteiger partial charge in [-0.2, -0.15) is 5.10 Å². The summed E-state index contributed by atoms with van der Waals surface area (Å²) in [6.45, 7) is 3.58. The van der Waals surface area contributed by atoms with E-state index in [-0.39, 0.29) is 16.6 Å². The predicted molar refractivity (Wildman–Crippen MR) is 139 cm³/mol. The molecule has 0 saturated heterocycles. The SMILES string of the molecule is Cc1cc(C)c(-n2ccn3nc(-c4cncnc4)cc23)cc1NC(=O)c1cc(Br)cc(S(F)(F)(F)(F)F)c1. The molecule has 38 heavy (non-hydrogen) atoms. The average Bonchev–Trinajstić information content (AvgIpc) is 3.41. The Morgan fingerprint density at radius 1 is 0.921 bits per heavy atom. The van der Waals surface area contributed by atoms with E-state index in [0.717, 1.165) is 17.2 Å². The third-order valence-corrected chi connectivity index (χ3v) is 7.39. The van der Waals surface area contributed by atoms with Crippen LogP contribution in [0.1, 0.15) is 21.5 Å². The lowest BCUT2D eigenvalue weighted by Crippen LogP contribution is -2.15. The second kappa shape index (κ2) is 8.11. The Labute approximate surface area is 221 Å². The second-order valence-electron chi connectivity index (χ2n) is 8.68. The number of carbonyl (C=O) groups is 1. The van der Waals surface area contributed by atoms with E-state index < -0.39 is 26.6 Å². The summed E-state index contributed by atoms with van der Waals surface area (Å²) in [7, 11) is -10.00. The van der Waals surface area contributed by atoms with Crippen molar-refractivity contribution < 1.29 is 24.2 Å². The van der Waals surface area contributed by atoms with Gasteiger partial charge in [-0.05, 0) is 49.2 Å². The Kier molecular flexibility index (Phi) is 5.52. The maximum absolute atomic E-state index is 13.4. The Hall–Kier alpha value is -3.78. The number of halogens is 6. The van der Waals surface area contributed by atoms with Gasteiger partial charge in [0.2, 0.25) is 0 Å². The Balaban J connectivity index is 1.52. The zero-order chi connectivity index (χ0) is 27.5. The molecule has 3 heterocycles. The summed E-state index contributed by atoms with van der Waals surface area (Å²) in [6.07, 6.45) is 8.19. The fourth-order valence-electron chi connectivity index (χ4n) is 4.00. The molecule has 0 aliphatic heterocycles. The van der Waals surface area contributed by atoms with Crippen molar-refractivity contribution in [2.75, 3.05) is 5.32 Å². The van der Waals surface area contributed by atoms with Crippen LogP contribution in [-0.2, 0) is 0 Å². The molecule has 0 spiro atoms. The van der Waals surface area contributed by atoms with Crippen molar-refractivity contribution in [3.05, 3.63) is 88.7 Å². The van der Waals surface area contributed by atoms with Gasteiger partial charge < -0.3 is 5.32 Å². The minimum absolute atomic E-state index is 0.155. The van der Waals surface area contributed by atoms with Crippen LogP contribution in [0.2, 0.25) is 0 Å². The second-order valence-corrected chi connectivity index (χ2v) is 12.0. The molecular weight excluding hydrogens is 595 g/mol. The van der Waals surface area contributed by atoms with Crippen molar-refractivity contribution in [2.24, 2.45) is 0 Å². The molecule has 0 aliphatic carbocycles. The van der Waals surface area contributed by atoms with Gasteiger partial charge in [-0.3, -0.25) is 9.36 Å². The minimum atomic E-state index is -10.00. The third-order valence-electron chi connectivity index (χ3n) is 5.81. The number of benzene rings is 2. The highest BCUT2D eigenvalue weighted by Gasteiger charge is 2.65. The maximum atomic E-state index is 13.4. The van der Waals surface area contributed by atoms with E-state index in [1.54, 1.807) is 48.4 Å². The monoisotopic (exact) mass is 612 g/mol. The lowest BCUT2D eigenvalue weighted by Gasteiger charge is -2.40. The van der Waals surface area contributed by atoms with Crippen molar-refractivity contribution in [1.29, 1.82) is 0 Å². The Morgan fingerprint density at radius 3 is 2.32 bits per heavy atom. The van der Waals surface area contributed by atoms with Crippen LogP contribution in [0.3, 0.4) is 0 Å². The van der Waals surface area contributed by atoms with Crippen LogP contribution in [0.15, 0.2) is 76.9 Å². The standard InChI is InChI=1S/C24H18BrF5N6OS/c1-14-5-15(2)22(35-3-4-36-23(35)10-21(34-36)17-11-31-13-32-12-17)9-20(14)33-24(37)16-6-18(25)8-19(7-16)38(26,27,28,29)30/h3-13H,1-2H3,(H,33,37). The van der Waals surface area contributed by atoms with E-state index >= 15 is 0 Å². The topological polar surface area (TPSA) is 77.1 Å². The van der Waals surface area contributed by atoms with E-state index in [2.05, 4.69) is 36.3 Å². The molecule has 0 radical (unpaired) electrons. The van der Waals surface area contributed by atoms with Crippen LogP contribution in [0.4, 0.5) is 25.1 Å². The number of nitrogens with one attached hydrogen (secondary N) is 1. The summed E-state index contributed by atoms with van der Waals surface area (Å²) in [5.41, 5.74) is 3.92. The summed E-state index contributed by atoms with van der Waals surface area (Å²) in [5.74, 6) is -0.972. The van der Waals surface area contributed by atoms with E-state index in [1.165, 1.54) is 6.33 Å². The highest BCUT2D eigenvalue weighted by molar-refractivity contribution is 9.10. The van der Waals surface area contributed by atoms with E-state index in [4.69, 9.17) is 0 Å². The van der Waals surface area contributed by atoms with Crippen molar-refractivity contribution in [1.82, 2.24) is 24.1 Å². The smallest absolute Gasteiger partial charge is 0.310 e. The molecular formula is C24H18BrF5N6OS. The first-order valence-electron chi connectivity index (χ1n) is 10.9. The largest absolute Gasteiger partial charge is 0.322 e. The van der Waals surface area contributed by atoms with Crippen molar-refractivity contribution in [2.45, 2.75) is 18.7 Å². The molecule has 5 aromatic rings. The molecule has 2 aromatic carbocycles. The first-order valence-corrected chi connectivity index (χ1v) is 13.6. The van der Waals surface area contributed by atoms with Crippen LogP contribution < -0.4 is 5.32 Å². The maximum Gasteiger partial charge on any atom is 0.310 e. The van der Waals surface area contributed by atoms with Crippen molar-refractivity contribution in [3.63, 3.8) is 0 Å². The van der Waals surface area contributed by atoms with E-state index in [9.17, 15) is 24.2 Å². The van der Waals surface area contributed by atoms with Gasteiger partial charge in [0, 0.05) is 52.1 Å². The molecule has 0 aliphatic rings. The fraction of sp³-hybridized carbons (Fsp3) is 0.0833. The third kappa shape index (κ3) is 5.00. The quantitative estimate of drug-likeness (QED) is 0.205. The van der Waals surface area contributed by atoms with Crippen LogP contribution in [0, 0.1) is 13.8 Å². The average molecular weight is 613 g/mol. The molecule has 14 heteroatoms. The first-order chi connectivity index (χ1) is 17.6. The number of fused-ring (bicyclic) bond motifs is 1. The molecule has 1 amide bonds. The summed E-state index contributed by atoms with van der Waals surface area (Å²) in [5, 5.41) is 7.08. The number of aromatic nitrogens is 5. The van der Waals surface area contributed by atoms with Crippen LogP contribution in [0.5, 0.6) is 0 Å². The van der Waals surface area contributed by atoms with Crippen molar-refractivity contribution in [3.8, 4) is 16.9 Å². The normalized spacial score (nSPS) is 13.8. The highest BCUT2D eigenvalue weighted by atomic mass is 79.9. The van der Waals surface area contributed by atoms with E-state index in [0.29, 0.717) is 28.3 Å². The molecule has 0 bridgehead atoms. The Bertz CT molecular complexity index is 1740. The molecule has 3 aromatic heterocycles. The number of anilines is 1. The van der Waals surface area contributed by atoms with Crippen molar-refractivity contribution >= 4 is 43.4 Å². The first kappa shape index (κ1) is 25.9. The number of rotatable bonds is 5. The fourth-order valence-corrected chi connectivity index (χ4v) is 5.35. The van der Waals surface area contributed by atoms with Gasteiger partial charge in [-0.25, -0.2) is 14.5 Å². The van der Waals surface area contributed by atoms with Gasteiger partial charge in [0.1, 0.15) is 16.9 Å². The van der Waals surface area contributed by atoms with Crippen LogP contribution in [-0.4, -0.2) is 30.1 Å². The molecule has 0 saturated carbocycles. The van der Waals surface area contributed by atoms with Crippen LogP contribution in [0.25, 0.3) is 22.6 Å². The lowest BCUT2D eigenvalue weighted by molar-refractivity contribution is 0.102. The van der Waals surface area contributed by atoms with Crippen LogP contribution >= 0.6 is 26.2 Å². The highest BCUT2D eigenvalue weighted by Crippen LogP contribution is 3.02. The van der Waals surface area contributed by atoms with E-state index in [1.807, 2.05) is 17.6 Å². The summed E-state index contributed by atoms with van der Waals surface area (Å²) < 4.78 is 70.1. The minimum Gasteiger partial charge on any atom is -0.322 e. The number of amides is 1. The lowest BCUT2D eigenvalue weighted by atomic mass is 10.1. The van der Waals surface area contributed by atoms with Gasteiger partial charge in [0.05, 0.1) is 11.4 Å². The van der Waals surface area contributed by atoms with Gasteiger partial charge in [-0.1, -0.05) is 41.4 Å². The number of imidazole rings is 1. The molecule has 5 rings (SSSR count). The summed E-state index contributed by atoms with van der Waals surface area (Å²) in [4.78, 5) is 18.8. The van der Waals surface area contributed by atoms with Gasteiger partial charge in [0.15, 0.2) is 0 Å². The summed E-state index contributed by atoms with van der Waals surface area (Å²) in [6, 6.07) is 6.74. The van der Waals surface area contributed by atoms with Gasteiger partial charge >= 0.3 is 10.2 Å². The molecule has 0 atom stereocenters. The zero-order valence-electron chi connectivity index (χ0n) is 19.7. The predicted octanol–water partition coefficient (Wildman–Crippen LogP) is 7.87. The summed E-state index contributed by atoms with van der Waals surface area (Å²) >= 11 is 2.80. The number of hydrogen-bond acceptors (Lipinski definition) is 4.